The molecule has 10 heteroatoms. The number of halogens is 1. The molecule has 4 rings (SSSR count). The summed E-state index contributed by atoms with van der Waals surface area (Å²) in [6.45, 7) is 1.38. The van der Waals surface area contributed by atoms with E-state index in [1.54, 1.807) is 18.2 Å². The van der Waals surface area contributed by atoms with E-state index < -0.39 is 0 Å². The number of carbonyl (C=O) groups excluding carboxylic acids is 1. The van der Waals surface area contributed by atoms with Crippen LogP contribution >= 0.6 is 0 Å². The predicted octanol–water partition coefficient (Wildman–Crippen LogP) is 1.34. The highest BCUT2D eigenvalue weighted by Gasteiger charge is 2.25. The second-order valence-electron chi connectivity index (χ2n) is 7.20. The van der Waals surface area contributed by atoms with E-state index in [2.05, 4.69) is 30.5 Å². The van der Waals surface area contributed by atoms with Gasteiger partial charge in [-0.05, 0) is 43.0 Å². The molecule has 1 aliphatic heterocycles. The number of hydrogen-bond acceptors (Lipinski definition) is 6. The smallest absolute Gasteiger partial charge is 0.288 e. The fraction of sp³-hybridized carbons (Fsp3) is 0.350. The highest BCUT2D eigenvalue weighted by atomic mass is 19.1. The number of nitrogens with zero attached hydrogens (tertiary/aromatic N) is 5. The quantitative estimate of drug-likeness (QED) is 0.634. The van der Waals surface area contributed by atoms with Crippen LogP contribution in [-0.4, -0.2) is 50.0 Å². The van der Waals surface area contributed by atoms with E-state index in [1.807, 2.05) is 0 Å². The van der Waals surface area contributed by atoms with Gasteiger partial charge in [-0.25, -0.2) is 14.1 Å². The number of anilines is 1. The van der Waals surface area contributed by atoms with Gasteiger partial charge in [-0.2, -0.15) is 10.2 Å². The molecule has 1 atom stereocenters. The molecule has 0 aliphatic carbocycles. The van der Waals surface area contributed by atoms with E-state index in [0.29, 0.717) is 17.9 Å². The second kappa shape index (κ2) is 8.85. The Morgan fingerprint density at radius 1 is 1.27 bits per heavy atom. The van der Waals surface area contributed by atoms with E-state index in [-0.39, 0.29) is 35.7 Å². The number of hydrogen-bond donors (Lipinski definition) is 2. The van der Waals surface area contributed by atoms with Crippen molar-refractivity contribution in [2.75, 3.05) is 18.0 Å². The van der Waals surface area contributed by atoms with Gasteiger partial charge in [0.05, 0.1) is 6.54 Å². The minimum Gasteiger partial charge on any atom is -0.350 e. The van der Waals surface area contributed by atoms with Crippen LogP contribution < -0.4 is 15.8 Å². The summed E-state index contributed by atoms with van der Waals surface area (Å²) < 4.78 is 14.8. The lowest BCUT2D eigenvalue weighted by atomic mass is 10.0. The van der Waals surface area contributed by atoms with Gasteiger partial charge in [-0.3, -0.25) is 14.7 Å². The number of rotatable bonds is 6. The highest BCUT2D eigenvalue weighted by molar-refractivity contribution is 5.90. The Hall–Kier alpha value is -3.56. The molecule has 1 unspecified atom stereocenters. The lowest BCUT2D eigenvalue weighted by Gasteiger charge is -2.36. The molecule has 30 heavy (non-hydrogen) atoms. The van der Waals surface area contributed by atoms with E-state index in [9.17, 15) is 14.0 Å². The minimum atomic E-state index is -0.352. The highest BCUT2D eigenvalue weighted by Crippen LogP contribution is 2.22. The zero-order valence-electron chi connectivity index (χ0n) is 16.3. The number of nitrogens with one attached hydrogen (secondary N) is 2. The summed E-state index contributed by atoms with van der Waals surface area (Å²) in [6, 6.07) is 9.33. The monoisotopic (exact) mass is 411 g/mol. The van der Waals surface area contributed by atoms with Gasteiger partial charge in [0.15, 0.2) is 0 Å². The molecule has 1 amide bonds. The molecule has 1 aromatic carbocycles. The van der Waals surface area contributed by atoms with Crippen LogP contribution in [0.3, 0.4) is 0 Å². The molecular formula is C20H22FN7O2. The fourth-order valence-corrected chi connectivity index (χ4v) is 3.64. The van der Waals surface area contributed by atoms with Crippen LogP contribution in [0.1, 0.15) is 35.4 Å². The Balaban J connectivity index is 1.50. The van der Waals surface area contributed by atoms with Crippen molar-refractivity contribution in [3.05, 3.63) is 70.3 Å². The lowest BCUT2D eigenvalue weighted by molar-refractivity contribution is 0.0939. The molecule has 0 spiro atoms. The molecule has 156 valence electrons. The van der Waals surface area contributed by atoms with Gasteiger partial charge >= 0.3 is 0 Å². The zero-order chi connectivity index (χ0) is 20.9. The normalized spacial score (nSPS) is 16.4. The summed E-state index contributed by atoms with van der Waals surface area (Å²) in [7, 11) is 0. The SMILES string of the molecule is O=C(NCC1CCCCN1c1ccc(=O)n(Cc2cccc(F)c2)n1)c1ncn[nH]1. The Bertz CT molecular complexity index is 1070. The Labute approximate surface area is 171 Å². The third kappa shape index (κ3) is 4.53. The van der Waals surface area contributed by atoms with Crippen LogP contribution in [-0.2, 0) is 6.54 Å². The van der Waals surface area contributed by atoms with Crippen molar-refractivity contribution < 1.29 is 9.18 Å². The average Bonchev–Trinajstić information content (AvgIpc) is 3.29. The van der Waals surface area contributed by atoms with Gasteiger partial charge in [0, 0.05) is 25.2 Å². The molecule has 0 radical (unpaired) electrons. The van der Waals surface area contributed by atoms with E-state index in [1.165, 1.54) is 29.2 Å². The number of aromatic amines is 1. The first-order chi connectivity index (χ1) is 14.6. The molecule has 2 aromatic heterocycles. The summed E-state index contributed by atoms with van der Waals surface area (Å²) >= 11 is 0. The molecule has 1 fully saturated rings. The van der Waals surface area contributed by atoms with Crippen LogP contribution in [0.4, 0.5) is 10.2 Å². The van der Waals surface area contributed by atoms with Crippen molar-refractivity contribution in [1.82, 2.24) is 30.3 Å². The minimum absolute atomic E-state index is 0.0400. The topological polar surface area (TPSA) is 109 Å². The standard InChI is InChI=1S/C20H22FN7O2/c21-15-5-3-4-14(10-15)12-28-18(29)8-7-17(26-28)27-9-2-1-6-16(27)11-22-20(30)19-23-13-24-25-19/h3-5,7-8,10,13,16H,1-2,6,9,11-12H2,(H,22,30)(H,23,24,25). The van der Waals surface area contributed by atoms with Crippen molar-refractivity contribution in [1.29, 1.82) is 0 Å². The summed E-state index contributed by atoms with van der Waals surface area (Å²) in [5.74, 6) is 0.154. The van der Waals surface area contributed by atoms with E-state index in [0.717, 1.165) is 25.8 Å². The Kier molecular flexibility index (Phi) is 5.82. The first-order valence-electron chi connectivity index (χ1n) is 9.83. The predicted molar refractivity (Wildman–Crippen MR) is 108 cm³/mol. The van der Waals surface area contributed by atoms with Crippen LogP contribution in [0.5, 0.6) is 0 Å². The molecular weight excluding hydrogens is 389 g/mol. The maximum absolute atomic E-state index is 13.5. The molecule has 3 aromatic rings. The van der Waals surface area contributed by atoms with Crippen molar-refractivity contribution in [2.24, 2.45) is 0 Å². The van der Waals surface area contributed by atoms with Crippen molar-refractivity contribution in [3.8, 4) is 0 Å². The molecule has 2 N–H and O–H groups in total. The maximum atomic E-state index is 13.5. The summed E-state index contributed by atoms with van der Waals surface area (Å²) in [6.07, 6.45) is 4.22. The molecule has 1 saturated heterocycles. The third-order valence-electron chi connectivity index (χ3n) is 5.12. The summed E-state index contributed by atoms with van der Waals surface area (Å²) in [5, 5.41) is 13.6. The maximum Gasteiger partial charge on any atom is 0.288 e. The molecule has 9 nitrogen and oxygen atoms in total. The molecule has 0 bridgehead atoms. The fourth-order valence-electron chi connectivity index (χ4n) is 3.64. The molecule has 0 saturated carbocycles. The van der Waals surface area contributed by atoms with Gasteiger partial charge in [0.1, 0.15) is 18.0 Å². The number of aromatic nitrogens is 5. The number of carbonyl (C=O) groups is 1. The van der Waals surface area contributed by atoms with Gasteiger partial charge < -0.3 is 10.2 Å². The molecule has 3 heterocycles. The third-order valence-corrected chi connectivity index (χ3v) is 5.12. The van der Waals surface area contributed by atoms with Gasteiger partial charge in [-0.1, -0.05) is 12.1 Å². The van der Waals surface area contributed by atoms with E-state index >= 15 is 0 Å². The first kappa shape index (κ1) is 19.7. The Morgan fingerprint density at radius 2 is 2.17 bits per heavy atom. The summed E-state index contributed by atoms with van der Waals surface area (Å²) in [4.78, 5) is 30.4. The van der Waals surface area contributed by atoms with Gasteiger partial charge in [-0.15, -0.1) is 0 Å². The second-order valence-corrected chi connectivity index (χ2v) is 7.20. The summed E-state index contributed by atoms with van der Waals surface area (Å²) in [5.41, 5.74) is 0.409. The number of amides is 1. The van der Waals surface area contributed by atoms with Crippen molar-refractivity contribution in [3.63, 3.8) is 0 Å². The van der Waals surface area contributed by atoms with E-state index in [4.69, 9.17) is 0 Å². The average molecular weight is 411 g/mol. The van der Waals surface area contributed by atoms with Gasteiger partial charge in [0.25, 0.3) is 11.5 Å². The van der Waals surface area contributed by atoms with Crippen LogP contribution in [0.25, 0.3) is 0 Å². The lowest BCUT2D eigenvalue weighted by Crippen LogP contribution is -2.47. The van der Waals surface area contributed by atoms with Crippen molar-refractivity contribution >= 4 is 11.7 Å². The van der Waals surface area contributed by atoms with Gasteiger partial charge in [0.2, 0.25) is 5.82 Å². The first-order valence-corrected chi connectivity index (χ1v) is 9.83. The number of piperidine rings is 1. The Morgan fingerprint density at radius 3 is 2.97 bits per heavy atom. The van der Waals surface area contributed by atoms with Crippen molar-refractivity contribution in [2.45, 2.75) is 31.8 Å². The van der Waals surface area contributed by atoms with Crippen LogP contribution in [0.2, 0.25) is 0 Å². The largest absolute Gasteiger partial charge is 0.350 e. The number of H-pyrrole nitrogens is 1. The molecule has 1 aliphatic rings. The number of benzene rings is 1. The van der Waals surface area contributed by atoms with Crippen LogP contribution in [0.15, 0.2) is 47.5 Å². The zero-order valence-corrected chi connectivity index (χ0v) is 16.3. The van der Waals surface area contributed by atoms with Crippen LogP contribution in [0, 0.1) is 5.82 Å².